The molecule has 2 bridgehead atoms. The van der Waals surface area contributed by atoms with Gasteiger partial charge in [-0.25, -0.2) is 4.39 Å². The molecule has 3 fully saturated rings. The largest absolute Gasteiger partial charge is 0.339 e. The number of hydrogen-bond donors (Lipinski definition) is 1. The number of carbonyl (C=O) groups is 2. The highest BCUT2D eigenvalue weighted by molar-refractivity contribution is 5.94. The molecule has 1 heterocycles. The molecule has 0 radical (unpaired) electrons. The summed E-state index contributed by atoms with van der Waals surface area (Å²) in [6.07, 6.45) is 5.37. The number of nitrogens with two attached hydrogens (primary N) is 1. The fourth-order valence-electron chi connectivity index (χ4n) is 5.18. The number of hydrogen-bond acceptors (Lipinski definition) is 3. The molecular weight excluding hydrogens is 381 g/mol. The molecule has 3 aliphatic rings. The van der Waals surface area contributed by atoms with Gasteiger partial charge in [-0.1, -0.05) is 12.5 Å². The number of halogens is 2. The van der Waals surface area contributed by atoms with Crippen LogP contribution in [0.3, 0.4) is 0 Å². The van der Waals surface area contributed by atoms with Crippen LogP contribution in [-0.2, 0) is 4.79 Å². The van der Waals surface area contributed by atoms with E-state index < -0.39 is 5.82 Å². The predicted octanol–water partition coefficient (Wildman–Crippen LogP) is 2.69. The summed E-state index contributed by atoms with van der Waals surface area (Å²) in [5.41, 5.74) is 6.71. The minimum atomic E-state index is -0.407. The zero-order chi connectivity index (χ0) is 19.0. The normalized spacial score (nSPS) is 29.8. The zero-order valence-corrected chi connectivity index (χ0v) is 16.9. The third kappa shape index (κ3) is 4.18. The van der Waals surface area contributed by atoms with Crippen molar-refractivity contribution < 1.29 is 14.0 Å². The number of fused-ring (bicyclic) bond motifs is 2. The van der Waals surface area contributed by atoms with Crippen LogP contribution in [0.15, 0.2) is 24.3 Å². The standard InChI is InChI=1S/C21H28FN3O2.ClH/c22-18-6-2-5-16(13-18)20(26)24-7-9-25(10-8-24)21(27)17-11-14-3-1-4-15(12-17)19(14)23;/h2,5-6,13-15,17,19H,1,3-4,7-12,23H2;1H. The molecule has 5 nitrogen and oxygen atoms in total. The maximum absolute atomic E-state index is 13.4. The van der Waals surface area contributed by atoms with E-state index in [-0.39, 0.29) is 36.2 Å². The number of piperazine rings is 1. The summed E-state index contributed by atoms with van der Waals surface area (Å²) in [5.74, 6) is 0.724. The lowest BCUT2D eigenvalue weighted by Gasteiger charge is -2.45. The fourth-order valence-corrected chi connectivity index (χ4v) is 5.18. The monoisotopic (exact) mass is 409 g/mol. The van der Waals surface area contributed by atoms with Crippen molar-refractivity contribution in [3.8, 4) is 0 Å². The van der Waals surface area contributed by atoms with Gasteiger partial charge in [-0.3, -0.25) is 9.59 Å². The van der Waals surface area contributed by atoms with Gasteiger partial charge in [0.25, 0.3) is 5.91 Å². The second-order valence-corrected chi connectivity index (χ2v) is 8.32. The topological polar surface area (TPSA) is 66.6 Å². The first-order chi connectivity index (χ1) is 13.0. The molecule has 0 aromatic heterocycles. The van der Waals surface area contributed by atoms with Crippen molar-refractivity contribution in [3.05, 3.63) is 35.6 Å². The molecule has 1 aromatic carbocycles. The molecule has 2 atom stereocenters. The molecule has 4 rings (SSSR count). The zero-order valence-electron chi connectivity index (χ0n) is 16.1. The molecule has 1 aromatic rings. The highest BCUT2D eigenvalue weighted by Gasteiger charge is 2.42. The summed E-state index contributed by atoms with van der Waals surface area (Å²) >= 11 is 0. The molecule has 2 N–H and O–H groups in total. The van der Waals surface area contributed by atoms with E-state index in [0.29, 0.717) is 43.6 Å². The van der Waals surface area contributed by atoms with Crippen molar-refractivity contribution >= 4 is 24.2 Å². The minimum absolute atomic E-state index is 0. The van der Waals surface area contributed by atoms with Crippen molar-refractivity contribution in [1.82, 2.24) is 9.80 Å². The number of nitrogens with zero attached hydrogens (tertiary/aromatic N) is 2. The van der Waals surface area contributed by atoms with Crippen LogP contribution in [0.25, 0.3) is 0 Å². The van der Waals surface area contributed by atoms with Crippen LogP contribution in [0.5, 0.6) is 0 Å². The average Bonchev–Trinajstić information content (AvgIpc) is 2.67. The van der Waals surface area contributed by atoms with Crippen LogP contribution in [0.1, 0.15) is 42.5 Å². The van der Waals surface area contributed by atoms with Crippen molar-refractivity contribution in [2.24, 2.45) is 23.5 Å². The first kappa shape index (κ1) is 21.1. The summed E-state index contributed by atoms with van der Waals surface area (Å²) in [6.45, 7) is 2.11. The maximum atomic E-state index is 13.4. The molecule has 2 saturated carbocycles. The Morgan fingerprint density at radius 1 is 1.00 bits per heavy atom. The van der Waals surface area contributed by atoms with Gasteiger partial charge < -0.3 is 15.5 Å². The van der Waals surface area contributed by atoms with Crippen LogP contribution < -0.4 is 5.73 Å². The fraction of sp³-hybridized carbons (Fsp3) is 0.619. The Bertz CT molecular complexity index is 709. The van der Waals surface area contributed by atoms with Gasteiger partial charge in [0.15, 0.2) is 0 Å². The van der Waals surface area contributed by atoms with Gasteiger partial charge >= 0.3 is 0 Å². The van der Waals surface area contributed by atoms with Crippen LogP contribution in [0.4, 0.5) is 4.39 Å². The van der Waals surface area contributed by atoms with Crippen molar-refractivity contribution in [2.75, 3.05) is 26.2 Å². The first-order valence-corrected chi connectivity index (χ1v) is 10.1. The molecule has 1 saturated heterocycles. The smallest absolute Gasteiger partial charge is 0.254 e. The third-order valence-electron chi connectivity index (χ3n) is 6.71. The summed E-state index contributed by atoms with van der Waals surface area (Å²) in [5, 5.41) is 0. The number of carbonyl (C=O) groups excluding carboxylic acids is 2. The Kier molecular flexibility index (Phi) is 6.61. The van der Waals surface area contributed by atoms with E-state index in [0.717, 1.165) is 25.7 Å². The van der Waals surface area contributed by atoms with Gasteiger partial charge in [-0.2, -0.15) is 0 Å². The van der Waals surface area contributed by atoms with Gasteiger partial charge in [0.05, 0.1) is 0 Å². The Morgan fingerprint density at radius 2 is 1.61 bits per heavy atom. The van der Waals surface area contributed by atoms with Gasteiger partial charge in [0.2, 0.25) is 5.91 Å². The Labute approximate surface area is 171 Å². The van der Waals surface area contributed by atoms with Crippen LogP contribution in [0.2, 0.25) is 0 Å². The molecule has 2 amide bonds. The third-order valence-corrected chi connectivity index (χ3v) is 6.71. The van der Waals surface area contributed by atoms with Gasteiger partial charge in [-0.05, 0) is 55.7 Å². The molecule has 0 spiro atoms. The number of rotatable bonds is 2. The Balaban J connectivity index is 0.00000225. The Hall–Kier alpha value is -1.66. The predicted molar refractivity (Wildman–Crippen MR) is 108 cm³/mol. The highest BCUT2D eigenvalue weighted by Crippen LogP contribution is 2.42. The maximum Gasteiger partial charge on any atom is 0.254 e. The second-order valence-electron chi connectivity index (χ2n) is 8.32. The van der Waals surface area contributed by atoms with Crippen LogP contribution in [0, 0.1) is 23.6 Å². The summed E-state index contributed by atoms with van der Waals surface area (Å²) in [6, 6.07) is 6.05. The van der Waals surface area contributed by atoms with E-state index in [4.69, 9.17) is 5.73 Å². The van der Waals surface area contributed by atoms with Crippen LogP contribution in [-0.4, -0.2) is 53.8 Å². The molecule has 1 aliphatic heterocycles. The molecular formula is C21H29ClFN3O2. The van der Waals surface area contributed by atoms with Crippen molar-refractivity contribution in [1.29, 1.82) is 0 Å². The van der Waals surface area contributed by atoms with Crippen LogP contribution >= 0.6 is 12.4 Å². The SMILES string of the molecule is Cl.NC1C2CCCC1CC(C(=O)N1CCN(C(=O)c3cccc(F)c3)CC1)C2. The molecule has 7 heteroatoms. The van der Waals surface area contributed by atoms with E-state index in [1.165, 1.54) is 18.6 Å². The first-order valence-electron chi connectivity index (χ1n) is 10.1. The van der Waals surface area contributed by atoms with E-state index in [1.807, 2.05) is 4.90 Å². The lowest BCUT2D eigenvalue weighted by Crippen LogP contribution is -2.54. The van der Waals surface area contributed by atoms with Crippen molar-refractivity contribution in [3.63, 3.8) is 0 Å². The highest BCUT2D eigenvalue weighted by atomic mass is 35.5. The Morgan fingerprint density at radius 3 is 2.21 bits per heavy atom. The van der Waals surface area contributed by atoms with E-state index in [2.05, 4.69) is 0 Å². The summed E-state index contributed by atoms with van der Waals surface area (Å²) in [7, 11) is 0. The summed E-state index contributed by atoms with van der Waals surface area (Å²) in [4.78, 5) is 29.2. The second kappa shape index (κ2) is 8.78. The van der Waals surface area contributed by atoms with E-state index in [9.17, 15) is 14.0 Å². The minimum Gasteiger partial charge on any atom is -0.339 e. The molecule has 28 heavy (non-hydrogen) atoms. The van der Waals surface area contributed by atoms with E-state index >= 15 is 0 Å². The molecule has 2 unspecified atom stereocenters. The van der Waals surface area contributed by atoms with Crippen molar-refractivity contribution in [2.45, 2.75) is 38.1 Å². The molecule has 154 valence electrons. The summed E-state index contributed by atoms with van der Waals surface area (Å²) < 4.78 is 13.4. The average molecular weight is 410 g/mol. The van der Waals surface area contributed by atoms with E-state index in [1.54, 1.807) is 17.0 Å². The number of amides is 2. The van der Waals surface area contributed by atoms with Gasteiger partial charge in [0.1, 0.15) is 5.82 Å². The molecule has 2 aliphatic carbocycles. The van der Waals surface area contributed by atoms with Gasteiger partial charge in [0, 0.05) is 43.7 Å². The lowest BCUT2D eigenvalue weighted by atomic mass is 9.65. The quantitative estimate of drug-likeness (QED) is 0.816. The lowest BCUT2D eigenvalue weighted by molar-refractivity contribution is -0.140. The van der Waals surface area contributed by atoms with Gasteiger partial charge in [-0.15, -0.1) is 12.4 Å². The number of benzene rings is 1.